The van der Waals surface area contributed by atoms with E-state index in [0.29, 0.717) is 5.92 Å². The lowest BCUT2D eigenvalue weighted by Crippen LogP contribution is -2.40. The number of aryl methyl sites for hydroxylation is 1. The van der Waals surface area contributed by atoms with Crippen LogP contribution in [0.5, 0.6) is 0 Å². The summed E-state index contributed by atoms with van der Waals surface area (Å²) in [7, 11) is 0. The smallest absolute Gasteiger partial charge is 0.233 e. The Balaban J connectivity index is 1.84. The summed E-state index contributed by atoms with van der Waals surface area (Å²) in [5, 5.41) is 2.79. The van der Waals surface area contributed by atoms with Gasteiger partial charge in [-0.2, -0.15) is 0 Å². The number of likely N-dealkylation sites (tertiary alicyclic amines) is 1. The normalized spacial score (nSPS) is 18.4. The van der Waals surface area contributed by atoms with Crippen LogP contribution in [-0.4, -0.2) is 29.8 Å². The third-order valence-corrected chi connectivity index (χ3v) is 3.97. The van der Waals surface area contributed by atoms with E-state index < -0.39 is 0 Å². The highest BCUT2D eigenvalue weighted by Gasteiger charge is 2.22. The molecule has 1 N–H and O–H groups in total. The van der Waals surface area contributed by atoms with Gasteiger partial charge in [-0.05, 0) is 42.9 Å². The Morgan fingerprint density at radius 1 is 1.29 bits per heavy atom. The molecule has 2 amide bonds. The number of piperidine rings is 1. The molecule has 1 atom stereocenters. The van der Waals surface area contributed by atoms with Crippen LogP contribution in [0.1, 0.15) is 38.7 Å². The molecule has 0 saturated carbocycles. The van der Waals surface area contributed by atoms with Crippen molar-refractivity contribution in [1.29, 1.82) is 0 Å². The van der Waals surface area contributed by atoms with Gasteiger partial charge < -0.3 is 10.2 Å². The first-order valence-corrected chi connectivity index (χ1v) is 7.75. The van der Waals surface area contributed by atoms with Crippen LogP contribution < -0.4 is 5.32 Å². The topological polar surface area (TPSA) is 49.4 Å². The minimum Gasteiger partial charge on any atom is -0.342 e. The monoisotopic (exact) mass is 288 g/mol. The van der Waals surface area contributed by atoms with Gasteiger partial charge in [0, 0.05) is 18.8 Å². The Labute approximate surface area is 126 Å². The molecular formula is C17H24N2O2. The van der Waals surface area contributed by atoms with E-state index in [0.717, 1.165) is 31.6 Å². The first-order valence-electron chi connectivity index (χ1n) is 7.75. The van der Waals surface area contributed by atoms with Gasteiger partial charge in [-0.15, -0.1) is 0 Å². The van der Waals surface area contributed by atoms with Crippen LogP contribution in [0.15, 0.2) is 24.3 Å². The summed E-state index contributed by atoms with van der Waals surface area (Å²) < 4.78 is 0. The van der Waals surface area contributed by atoms with E-state index in [1.165, 1.54) is 12.0 Å². The summed E-state index contributed by atoms with van der Waals surface area (Å²) in [5.41, 5.74) is 1.98. The van der Waals surface area contributed by atoms with Crippen LogP contribution >= 0.6 is 0 Å². The lowest BCUT2D eigenvalue weighted by atomic mass is 10.00. The van der Waals surface area contributed by atoms with E-state index >= 15 is 0 Å². The minimum absolute atomic E-state index is 0.0655. The fourth-order valence-corrected chi connectivity index (χ4v) is 2.69. The van der Waals surface area contributed by atoms with Crippen molar-refractivity contribution >= 4 is 17.5 Å². The molecule has 4 heteroatoms. The largest absolute Gasteiger partial charge is 0.342 e. The number of nitrogens with zero attached hydrogens (tertiary/aromatic N) is 1. The fourth-order valence-electron chi connectivity index (χ4n) is 2.69. The van der Waals surface area contributed by atoms with Crippen molar-refractivity contribution in [2.24, 2.45) is 5.92 Å². The Kier molecular flexibility index (Phi) is 5.37. The molecule has 0 aromatic heterocycles. The maximum Gasteiger partial charge on any atom is 0.233 e. The van der Waals surface area contributed by atoms with Gasteiger partial charge in [0.05, 0.1) is 0 Å². The zero-order valence-electron chi connectivity index (χ0n) is 12.9. The molecule has 1 unspecified atom stereocenters. The van der Waals surface area contributed by atoms with Crippen molar-refractivity contribution in [1.82, 2.24) is 4.90 Å². The Morgan fingerprint density at radius 3 is 2.62 bits per heavy atom. The lowest BCUT2D eigenvalue weighted by Gasteiger charge is -2.30. The molecule has 1 aromatic carbocycles. The molecule has 1 fully saturated rings. The first-order chi connectivity index (χ1) is 10.1. The van der Waals surface area contributed by atoms with Crippen LogP contribution in [0.25, 0.3) is 0 Å². The highest BCUT2D eigenvalue weighted by Crippen LogP contribution is 2.16. The molecule has 0 radical (unpaired) electrons. The summed E-state index contributed by atoms with van der Waals surface area (Å²) in [6.45, 7) is 5.79. The summed E-state index contributed by atoms with van der Waals surface area (Å²) >= 11 is 0. The maximum atomic E-state index is 12.1. The second-order valence-electron chi connectivity index (χ2n) is 5.86. The number of carbonyl (C=O) groups is 2. The van der Waals surface area contributed by atoms with E-state index in [1.807, 2.05) is 29.2 Å². The molecule has 1 aliphatic heterocycles. The summed E-state index contributed by atoms with van der Waals surface area (Å²) in [4.78, 5) is 25.9. The van der Waals surface area contributed by atoms with Crippen LogP contribution in [0.3, 0.4) is 0 Å². The second kappa shape index (κ2) is 7.25. The van der Waals surface area contributed by atoms with Crippen LogP contribution in [0.4, 0.5) is 5.69 Å². The SMILES string of the molecule is CCc1ccc(NC(=O)CC(=O)N2CCCC(C)C2)cc1. The Hall–Kier alpha value is -1.84. The number of amides is 2. The molecule has 0 bridgehead atoms. The van der Waals surface area contributed by atoms with Crippen molar-refractivity contribution in [3.05, 3.63) is 29.8 Å². The van der Waals surface area contributed by atoms with E-state index in [1.54, 1.807) is 0 Å². The van der Waals surface area contributed by atoms with E-state index in [4.69, 9.17) is 0 Å². The Morgan fingerprint density at radius 2 is 2.00 bits per heavy atom. The molecule has 0 aliphatic carbocycles. The molecule has 1 saturated heterocycles. The van der Waals surface area contributed by atoms with E-state index in [9.17, 15) is 9.59 Å². The summed E-state index contributed by atoms with van der Waals surface area (Å²) in [6, 6.07) is 7.74. The zero-order chi connectivity index (χ0) is 15.2. The maximum absolute atomic E-state index is 12.1. The van der Waals surface area contributed by atoms with E-state index in [2.05, 4.69) is 19.2 Å². The molecule has 2 rings (SSSR count). The number of hydrogen-bond donors (Lipinski definition) is 1. The standard InChI is InChI=1S/C17H24N2O2/c1-3-14-6-8-15(9-7-14)18-16(20)11-17(21)19-10-4-5-13(2)12-19/h6-9,13H,3-5,10-12H2,1-2H3,(H,18,20). The van der Waals surface area contributed by atoms with Gasteiger partial charge in [0.15, 0.2) is 0 Å². The minimum atomic E-state index is -0.234. The predicted octanol–water partition coefficient (Wildman–Crippen LogP) is 2.84. The highest BCUT2D eigenvalue weighted by molar-refractivity contribution is 6.03. The van der Waals surface area contributed by atoms with Crippen molar-refractivity contribution in [3.8, 4) is 0 Å². The third kappa shape index (κ3) is 4.59. The van der Waals surface area contributed by atoms with Crippen molar-refractivity contribution in [3.63, 3.8) is 0 Å². The van der Waals surface area contributed by atoms with Gasteiger partial charge >= 0.3 is 0 Å². The summed E-state index contributed by atoms with van der Waals surface area (Å²) in [6.07, 6.45) is 3.11. The quantitative estimate of drug-likeness (QED) is 0.866. The number of rotatable bonds is 4. The first kappa shape index (κ1) is 15.5. The number of hydrogen-bond acceptors (Lipinski definition) is 2. The predicted molar refractivity (Wildman–Crippen MR) is 84.0 cm³/mol. The average Bonchev–Trinajstić information content (AvgIpc) is 2.48. The second-order valence-corrected chi connectivity index (χ2v) is 5.86. The fraction of sp³-hybridized carbons (Fsp3) is 0.529. The molecule has 1 aliphatic rings. The van der Waals surface area contributed by atoms with Crippen molar-refractivity contribution < 1.29 is 9.59 Å². The zero-order valence-corrected chi connectivity index (χ0v) is 12.9. The third-order valence-electron chi connectivity index (χ3n) is 3.97. The lowest BCUT2D eigenvalue weighted by molar-refractivity contribution is -0.136. The molecule has 21 heavy (non-hydrogen) atoms. The highest BCUT2D eigenvalue weighted by atomic mass is 16.2. The summed E-state index contributed by atoms with van der Waals surface area (Å²) in [5.74, 6) is 0.235. The molecular weight excluding hydrogens is 264 g/mol. The average molecular weight is 288 g/mol. The van der Waals surface area contributed by atoms with Crippen LogP contribution in [0.2, 0.25) is 0 Å². The van der Waals surface area contributed by atoms with Crippen LogP contribution in [-0.2, 0) is 16.0 Å². The van der Waals surface area contributed by atoms with Crippen molar-refractivity contribution in [2.75, 3.05) is 18.4 Å². The molecule has 0 spiro atoms. The van der Waals surface area contributed by atoms with Gasteiger partial charge in [-0.25, -0.2) is 0 Å². The number of benzene rings is 1. The van der Waals surface area contributed by atoms with E-state index in [-0.39, 0.29) is 18.2 Å². The molecule has 1 aromatic rings. The molecule has 4 nitrogen and oxygen atoms in total. The Bertz CT molecular complexity index is 496. The van der Waals surface area contributed by atoms with Gasteiger partial charge in [-0.1, -0.05) is 26.0 Å². The van der Waals surface area contributed by atoms with Gasteiger partial charge in [0.25, 0.3) is 0 Å². The number of anilines is 1. The van der Waals surface area contributed by atoms with Gasteiger partial charge in [-0.3, -0.25) is 9.59 Å². The number of carbonyl (C=O) groups excluding carboxylic acids is 2. The molecule has 1 heterocycles. The molecule has 114 valence electrons. The number of nitrogens with one attached hydrogen (secondary N) is 1. The van der Waals surface area contributed by atoms with Crippen molar-refractivity contribution in [2.45, 2.75) is 39.5 Å². The van der Waals surface area contributed by atoms with Gasteiger partial charge in [0.2, 0.25) is 11.8 Å². The van der Waals surface area contributed by atoms with Crippen LogP contribution in [0, 0.1) is 5.92 Å². The van der Waals surface area contributed by atoms with Gasteiger partial charge in [0.1, 0.15) is 6.42 Å².